The van der Waals surface area contributed by atoms with Crippen molar-refractivity contribution in [1.29, 1.82) is 0 Å². The van der Waals surface area contributed by atoms with Gasteiger partial charge in [-0.25, -0.2) is 9.97 Å². The van der Waals surface area contributed by atoms with E-state index in [4.69, 9.17) is 5.11 Å². The molecule has 0 aliphatic heterocycles. The maximum atomic E-state index is 11.1. The van der Waals surface area contributed by atoms with E-state index < -0.39 is 10.7 Å². The van der Waals surface area contributed by atoms with E-state index in [1.165, 1.54) is 18.1 Å². The quantitative estimate of drug-likeness (QED) is 0.685. The Morgan fingerprint density at radius 3 is 2.82 bits per heavy atom. The Morgan fingerprint density at radius 1 is 1.47 bits per heavy atom. The normalized spacial score (nSPS) is 11.9. The minimum absolute atomic E-state index is 0.737. The second kappa shape index (κ2) is 4.27. The van der Waals surface area contributed by atoms with E-state index in [-0.39, 0.29) is 0 Å². The van der Waals surface area contributed by atoms with Crippen LogP contribution in [-0.2, 0) is 4.79 Å². The Kier molecular flexibility index (Phi) is 3.09. The highest BCUT2D eigenvalue weighted by molar-refractivity contribution is 8.01. The lowest BCUT2D eigenvalue weighted by molar-refractivity contribution is -0.138. The number of fused-ring (bicyclic) bond motifs is 1. The molecule has 0 saturated heterocycles. The average Bonchev–Trinajstić information content (AvgIpc) is 2.61. The summed E-state index contributed by atoms with van der Waals surface area (Å²) in [5, 5.41) is 11.9. The molecule has 0 amide bonds. The first-order valence-electron chi connectivity index (χ1n) is 5.03. The Morgan fingerprint density at radius 2 is 2.18 bits per heavy atom. The summed E-state index contributed by atoms with van der Waals surface area (Å²) in [4.78, 5) is 19.5. The van der Waals surface area contributed by atoms with Gasteiger partial charge >= 0.3 is 5.97 Å². The van der Waals surface area contributed by atoms with Crippen LogP contribution >= 0.6 is 23.1 Å². The molecule has 0 bridgehead atoms. The topological polar surface area (TPSA) is 63.1 Å². The van der Waals surface area contributed by atoms with Crippen LogP contribution in [0.4, 0.5) is 0 Å². The van der Waals surface area contributed by atoms with Gasteiger partial charge in [0, 0.05) is 0 Å². The lowest BCUT2D eigenvalue weighted by Crippen LogP contribution is -2.27. The Hall–Kier alpha value is -1.14. The van der Waals surface area contributed by atoms with Gasteiger partial charge in [0.25, 0.3) is 0 Å². The number of aromatic nitrogens is 2. The number of rotatable bonds is 3. The van der Waals surface area contributed by atoms with Gasteiger partial charge in [-0.15, -0.1) is 11.3 Å². The zero-order valence-corrected chi connectivity index (χ0v) is 11.4. The summed E-state index contributed by atoms with van der Waals surface area (Å²) in [7, 11) is 0. The van der Waals surface area contributed by atoms with Crippen molar-refractivity contribution in [3.05, 3.63) is 17.3 Å². The molecule has 2 rings (SSSR count). The zero-order chi connectivity index (χ0) is 12.6. The van der Waals surface area contributed by atoms with Crippen LogP contribution in [-0.4, -0.2) is 25.8 Å². The molecule has 0 saturated carbocycles. The average molecular weight is 268 g/mol. The number of thioether (sulfide) groups is 1. The molecule has 2 aromatic heterocycles. The van der Waals surface area contributed by atoms with Crippen LogP contribution in [0.5, 0.6) is 0 Å². The van der Waals surface area contributed by atoms with E-state index in [1.807, 2.05) is 12.3 Å². The van der Waals surface area contributed by atoms with Crippen molar-refractivity contribution in [1.82, 2.24) is 9.97 Å². The molecule has 2 heterocycles. The fourth-order valence-corrected chi connectivity index (χ4v) is 3.32. The van der Waals surface area contributed by atoms with Gasteiger partial charge in [0.2, 0.25) is 0 Å². The van der Waals surface area contributed by atoms with Crippen LogP contribution in [0.25, 0.3) is 10.2 Å². The fraction of sp³-hybridized carbons (Fsp3) is 0.364. The Bertz CT molecular complexity index is 578. The van der Waals surface area contributed by atoms with Crippen LogP contribution < -0.4 is 0 Å². The highest BCUT2D eigenvalue weighted by Gasteiger charge is 2.30. The molecular formula is C11H12N2O2S2. The van der Waals surface area contributed by atoms with Crippen LogP contribution in [0.2, 0.25) is 0 Å². The first-order chi connectivity index (χ1) is 7.92. The van der Waals surface area contributed by atoms with Gasteiger partial charge in [0.15, 0.2) is 0 Å². The predicted molar refractivity (Wildman–Crippen MR) is 69.7 cm³/mol. The molecule has 0 aromatic carbocycles. The van der Waals surface area contributed by atoms with E-state index in [9.17, 15) is 4.79 Å². The molecule has 0 radical (unpaired) electrons. The van der Waals surface area contributed by atoms with Gasteiger partial charge in [-0.3, -0.25) is 4.79 Å². The molecule has 6 heteroatoms. The second-order valence-corrected chi connectivity index (χ2v) is 6.68. The third-order valence-corrected chi connectivity index (χ3v) is 4.78. The largest absolute Gasteiger partial charge is 0.480 e. The highest BCUT2D eigenvalue weighted by Crippen LogP contribution is 2.37. The van der Waals surface area contributed by atoms with Gasteiger partial charge in [0.05, 0.1) is 10.2 Å². The molecule has 2 aromatic rings. The number of hydrogen-bond donors (Lipinski definition) is 1. The van der Waals surface area contributed by atoms with Crippen LogP contribution in [0.3, 0.4) is 0 Å². The number of carboxylic acid groups (broad SMARTS) is 1. The number of hydrogen-bond acceptors (Lipinski definition) is 5. The summed E-state index contributed by atoms with van der Waals surface area (Å²) >= 11 is 2.81. The number of carboxylic acids is 1. The van der Waals surface area contributed by atoms with E-state index in [0.717, 1.165) is 20.8 Å². The van der Waals surface area contributed by atoms with Crippen molar-refractivity contribution in [2.24, 2.45) is 0 Å². The van der Waals surface area contributed by atoms with Crippen molar-refractivity contribution < 1.29 is 9.90 Å². The molecule has 0 unspecified atom stereocenters. The van der Waals surface area contributed by atoms with Crippen molar-refractivity contribution in [3.63, 3.8) is 0 Å². The van der Waals surface area contributed by atoms with Crippen LogP contribution in [0, 0.1) is 6.92 Å². The number of nitrogens with zero attached hydrogens (tertiary/aromatic N) is 2. The number of aliphatic carboxylic acids is 1. The van der Waals surface area contributed by atoms with Crippen LogP contribution in [0.15, 0.2) is 16.7 Å². The summed E-state index contributed by atoms with van der Waals surface area (Å²) in [6.07, 6.45) is 1.49. The van der Waals surface area contributed by atoms with E-state index >= 15 is 0 Å². The molecule has 17 heavy (non-hydrogen) atoms. The Balaban J connectivity index is 2.46. The number of thiophene rings is 1. The van der Waals surface area contributed by atoms with Crippen molar-refractivity contribution in [3.8, 4) is 0 Å². The number of carbonyl (C=O) groups is 1. The van der Waals surface area contributed by atoms with Gasteiger partial charge in [0.1, 0.15) is 16.1 Å². The van der Waals surface area contributed by atoms with E-state index in [1.54, 1.807) is 25.2 Å². The zero-order valence-electron chi connectivity index (χ0n) is 9.72. The lowest BCUT2D eigenvalue weighted by atomic mass is 10.2. The minimum Gasteiger partial charge on any atom is -0.480 e. The molecule has 90 valence electrons. The molecule has 4 nitrogen and oxygen atoms in total. The maximum absolute atomic E-state index is 11.1. The monoisotopic (exact) mass is 268 g/mol. The SMILES string of the molecule is Cc1csc2c(SC(C)(C)C(=O)O)ncnc12. The van der Waals surface area contributed by atoms with E-state index in [2.05, 4.69) is 9.97 Å². The first kappa shape index (κ1) is 12.3. The number of aryl methyl sites for hydroxylation is 1. The fourth-order valence-electron chi connectivity index (χ4n) is 1.31. The van der Waals surface area contributed by atoms with E-state index in [0.29, 0.717) is 0 Å². The third kappa shape index (κ3) is 2.28. The second-order valence-electron chi connectivity index (χ2n) is 4.19. The van der Waals surface area contributed by atoms with Gasteiger partial charge in [-0.2, -0.15) is 0 Å². The molecular weight excluding hydrogens is 256 g/mol. The summed E-state index contributed by atoms with van der Waals surface area (Å²) in [5.41, 5.74) is 2.01. The molecule has 0 atom stereocenters. The molecule has 1 N–H and O–H groups in total. The van der Waals surface area contributed by atoms with Crippen molar-refractivity contribution in [2.45, 2.75) is 30.5 Å². The maximum Gasteiger partial charge on any atom is 0.319 e. The highest BCUT2D eigenvalue weighted by atomic mass is 32.2. The summed E-state index contributed by atoms with van der Waals surface area (Å²) < 4.78 is 0.0726. The molecule has 0 aliphatic carbocycles. The van der Waals surface area contributed by atoms with Gasteiger partial charge in [-0.1, -0.05) is 11.8 Å². The minimum atomic E-state index is -0.890. The summed E-state index contributed by atoms with van der Waals surface area (Å²) in [5.74, 6) is -0.845. The first-order valence-corrected chi connectivity index (χ1v) is 6.72. The van der Waals surface area contributed by atoms with Crippen molar-refractivity contribution in [2.75, 3.05) is 0 Å². The van der Waals surface area contributed by atoms with Crippen molar-refractivity contribution >= 4 is 39.3 Å². The predicted octanol–water partition coefficient (Wildman–Crippen LogP) is 2.96. The third-order valence-electron chi connectivity index (χ3n) is 2.37. The molecule has 0 fully saturated rings. The summed E-state index contributed by atoms with van der Waals surface area (Å²) in [6, 6.07) is 0. The van der Waals surface area contributed by atoms with Crippen LogP contribution in [0.1, 0.15) is 19.4 Å². The lowest BCUT2D eigenvalue weighted by Gasteiger charge is -2.17. The molecule has 0 aliphatic rings. The smallest absolute Gasteiger partial charge is 0.319 e. The molecule has 0 spiro atoms. The van der Waals surface area contributed by atoms with Gasteiger partial charge < -0.3 is 5.11 Å². The summed E-state index contributed by atoms with van der Waals surface area (Å²) in [6.45, 7) is 5.34. The van der Waals surface area contributed by atoms with Gasteiger partial charge in [-0.05, 0) is 31.7 Å². The standard InChI is InChI=1S/C11H12N2O2S2/c1-6-4-16-8-7(6)12-5-13-9(8)17-11(2,3)10(14)15/h4-5H,1-3H3,(H,14,15). The Labute approximate surface area is 107 Å².